The van der Waals surface area contributed by atoms with Crippen molar-refractivity contribution in [3.63, 3.8) is 0 Å². The summed E-state index contributed by atoms with van der Waals surface area (Å²) in [4.78, 5) is 16.8. The fourth-order valence-corrected chi connectivity index (χ4v) is 4.44. The maximum absolute atomic E-state index is 13.2. The number of pyridine rings is 1. The molecule has 200 valence electrons. The topological polar surface area (TPSA) is 81.1 Å². The van der Waals surface area contributed by atoms with Crippen molar-refractivity contribution in [1.82, 2.24) is 20.1 Å². The Bertz CT molecular complexity index is 1050. The van der Waals surface area contributed by atoms with Gasteiger partial charge in [0.05, 0.1) is 16.3 Å². The number of carbonyl (C=O) groups is 1. The predicted molar refractivity (Wildman–Crippen MR) is 125 cm³/mol. The fourth-order valence-electron chi connectivity index (χ4n) is 4.12. The molecule has 7 nitrogen and oxygen atoms in total. The Morgan fingerprint density at radius 1 is 1.28 bits per heavy atom. The summed E-state index contributed by atoms with van der Waals surface area (Å²) in [7, 11) is 0. The van der Waals surface area contributed by atoms with Crippen molar-refractivity contribution in [2.45, 2.75) is 71.8 Å². The van der Waals surface area contributed by atoms with Gasteiger partial charge in [-0.15, -0.1) is 0 Å². The maximum atomic E-state index is 13.2. The van der Waals surface area contributed by atoms with Gasteiger partial charge in [0, 0.05) is 25.4 Å². The third kappa shape index (κ3) is 6.77. The molecule has 0 saturated heterocycles. The lowest BCUT2D eigenvalue weighted by Gasteiger charge is -2.26. The molecule has 0 aliphatic heterocycles. The van der Waals surface area contributed by atoms with Gasteiger partial charge in [-0.3, -0.25) is 9.48 Å². The van der Waals surface area contributed by atoms with Crippen LogP contribution in [0.5, 0.6) is 5.75 Å². The van der Waals surface area contributed by atoms with Crippen molar-refractivity contribution in [2.75, 3.05) is 11.9 Å². The molecule has 2 heterocycles. The molecule has 2 aromatic heterocycles. The molecule has 2 N–H and O–H groups in total. The number of aryl methyl sites for hydroxylation is 1. The smallest absolute Gasteiger partial charge is 0.408 e. The number of rotatable bonds is 9. The molecule has 1 atom stereocenters. The average molecular weight is 538 g/mol. The van der Waals surface area contributed by atoms with Gasteiger partial charge in [-0.25, -0.2) is 4.98 Å². The summed E-state index contributed by atoms with van der Waals surface area (Å²) in [6.45, 7) is 2.20. The molecule has 1 saturated carbocycles. The highest BCUT2D eigenvalue weighted by Crippen LogP contribution is 2.39. The molecule has 1 fully saturated rings. The number of aromatic nitrogens is 3. The van der Waals surface area contributed by atoms with Gasteiger partial charge >= 0.3 is 12.8 Å². The molecule has 0 spiro atoms. The monoisotopic (exact) mass is 537 g/mol. The Balaban J connectivity index is 1.89. The molecule has 1 aliphatic carbocycles. The second-order valence-electron chi connectivity index (χ2n) is 9.01. The van der Waals surface area contributed by atoms with Crippen molar-refractivity contribution < 1.29 is 31.5 Å². The number of anilines is 1. The summed E-state index contributed by atoms with van der Waals surface area (Å²) in [5.41, 5.74) is -0.0388. The van der Waals surface area contributed by atoms with Crippen LogP contribution in [0.1, 0.15) is 56.9 Å². The molecule has 2 aromatic rings. The molecule has 0 unspecified atom stereocenters. The SMILES string of the molecule is CCn1nc(C(=O)NCC2CCC(C)CC2)c(Cl)c1-c1cnc(N[C@H](C)C(F)(F)F)cc1OC(F)F. The summed E-state index contributed by atoms with van der Waals surface area (Å²) in [5, 5.41) is 9.10. The summed E-state index contributed by atoms with van der Waals surface area (Å²) in [6.07, 6.45) is 0.703. The zero-order chi connectivity index (χ0) is 26.6. The highest BCUT2D eigenvalue weighted by Gasteiger charge is 2.36. The molecular weight excluding hydrogens is 509 g/mol. The van der Waals surface area contributed by atoms with Gasteiger partial charge in [0.25, 0.3) is 5.91 Å². The molecule has 36 heavy (non-hydrogen) atoms. The fraction of sp³-hybridized carbons (Fsp3) is 0.609. The Hall–Kier alpha value is -2.63. The average Bonchev–Trinajstić information content (AvgIpc) is 3.14. The standard InChI is InChI=1S/C23H29ClF5N5O2/c1-4-34-20(18(24)19(33-34)21(35)31-10-14-7-5-12(2)6-8-14)15-11-30-17(9-16(15)36-22(25)26)32-13(3)23(27,28)29/h9,11-14,22H,4-8,10H2,1-3H3,(H,30,32)(H,31,35)/t12?,13-,14?/m1/s1. The second kappa shape index (κ2) is 11.6. The van der Waals surface area contributed by atoms with Crippen LogP contribution in [0, 0.1) is 11.8 Å². The number of halogens is 6. The third-order valence-electron chi connectivity index (χ3n) is 6.29. The van der Waals surface area contributed by atoms with E-state index in [2.05, 4.69) is 32.4 Å². The van der Waals surface area contributed by atoms with Crippen molar-refractivity contribution in [3.05, 3.63) is 23.0 Å². The summed E-state index contributed by atoms with van der Waals surface area (Å²) >= 11 is 6.49. The Morgan fingerprint density at radius 3 is 2.53 bits per heavy atom. The van der Waals surface area contributed by atoms with E-state index in [1.165, 1.54) is 4.68 Å². The Labute approximate surface area is 210 Å². The highest BCUT2D eigenvalue weighted by molar-refractivity contribution is 6.36. The number of nitrogens with one attached hydrogen (secondary N) is 2. The lowest BCUT2D eigenvalue weighted by Crippen LogP contribution is -2.33. The number of carbonyl (C=O) groups excluding carboxylic acids is 1. The van der Waals surface area contributed by atoms with E-state index in [1.54, 1.807) is 6.92 Å². The van der Waals surface area contributed by atoms with Crippen LogP contribution in [-0.4, -0.2) is 46.0 Å². The van der Waals surface area contributed by atoms with Gasteiger partial charge < -0.3 is 15.4 Å². The first-order valence-corrected chi connectivity index (χ1v) is 12.1. The van der Waals surface area contributed by atoms with E-state index in [0.29, 0.717) is 18.4 Å². The van der Waals surface area contributed by atoms with Crippen molar-refractivity contribution in [2.24, 2.45) is 11.8 Å². The van der Waals surface area contributed by atoms with Crippen LogP contribution in [0.4, 0.5) is 27.8 Å². The van der Waals surface area contributed by atoms with E-state index in [-0.39, 0.29) is 34.3 Å². The summed E-state index contributed by atoms with van der Waals surface area (Å²) < 4.78 is 70.9. The number of alkyl halides is 5. The first-order chi connectivity index (χ1) is 16.9. The quantitative estimate of drug-likeness (QED) is 0.376. The van der Waals surface area contributed by atoms with E-state index in [9.17, 15) is 26.7 Å². The zero-order valence-corrected chi connectivity index (χ0v) is 20.9. The normalized spacial score (nSPS) is 19.3. The van der Waals surface area contributed by atoms with Crippen molar-refractivity contribution >= 4 is 23.3 Å². The van der Waals surface area contributed by atoms with Gasteiger partial charge in [0.2, 0.25) is 0 Å². The summed E-state index contributed by atoms with van der Waals surface area (Å²) in [5.74, 6) is -0.264. The van der Waals surface area contributed by atoms with Crippen LogP contribution >= 0.6 is 11.6 Å². The molecular formula is C23H29ClF5N5O2. The van der Waals surface area contributed by atoms with Crippen LogP contribution < -0.4 is 15.4 Å². The molecule has 1 aliphatic rings. The molecule has 0 aromatic carbocycles. The number of hydrogen-bond acceptors (Lipinski definition) is 5. The molecule has 3 rings (SSSR count). The number of nitrogens with zero attached hydrogens (tertiary/aromatic N) is 3. The van der Waals surface area contributed by atoms with Crippen LogP contribution in [0.25, 0.3) is 11.3 Å². The van der Waals surface area contributed by atoms with E-state index in [1.807, 2.05) is 0 Å². The zero-order valence-electron chi connectivity index (χ0n) is 20.1. The van der Waals surface area contributed by atoms with E-state index in [0.717, 1.165) is 44.9 Å². The van der Waals surface area contributed by atoms with Gasteiger partial charge in [-0.1, -0.05) is 31.4 Å². The lowest BCUT2D eigenvalue weighted by molar-refractivity contribution is -0.138. The van der Waals surface area contributed by atoms with Crippen LogP contribution in [0.3, 0.4) is 0 Å². The van der Waals surface area contributed by atoms with Gasteiger partial charge in [-0.05, 0) is 38.5 Å². The third-order valence-corrected chi connectivity index (χ3v) is 6.65. The van der Waals surface area contributed by atoms with Crippen LogP contribution in [0.2, 0.25) is 5.02 Å². The molecule has 0 bridgehead atoms. The Morgan fingerprint density at radius 2 is 1.94 bits per heavy atom. The number of hydrogen-bond donors (Lipinski definition) is 2. The van der Waals surface area contributed by atoms with Crippen molar-refractivity contribution in [3.8, 4) is 17.0 Å². The molecule has 0 radical (unpaired) electrons. The first-order valence-electron chi connectivity index (χ1n) is 11.7. The Kier molecular flexibility index (Phi) is 9.02. The largest absolute Gasteiger partial charge is 0.434 e. The van der Waals surface area contributed by atoms with Gasteiger partial charge in [0.15, 0.2) is 5.69 Å². The highest BCUT2D eigenvalue weighted by atomic mass is 35.5. The van der Waals surface area contributed by atoms with Crippen LogP contribution in [-0.2, 0) is 6.54 Å². The van der Waals surface area contributed by atoms with Gasteiger partial charge in [-0.2, -0.15) is 27.1 Å². The number of ether oxygens (including phenoxy) is 1. The maximum Gasteiger partial charge on any atom is 0.408 e. The minimum atomic E-state index is -4.58. The van der Waals surface area contributed by atoms with E-state index in [4.69, 9.17) is 11.6 Å². The number of amides is 1. The second-order valence-corrected chi connectivity index (χ2v) is 9.39. The van der Waals surface area contributed by atoms with Crippen LogP contribution in [0.15, 0.2) is 12.3 Å². The van der Waals surface area contributed by atoms with Gasteiger partial charge in [0.1, 0.15) is 17.6 Å². The molecule has 1 amide bonds. The predicted octanol–water partition coefficient (Wildman–Crippen LogP) is 6.14. The minimum Gasteiger partial charge on any atom is -0.434 e. The van der Waals surface area contributed by atoms with E-state index >= 15 is 0 Å². The molecule has 13 heteroatoms. The minimum absolute atomic E-state index is 0.0415. The lowest BCUT2D eigenvalue weighted by atomic mass is 9.83. The van der Waals surface area contributed by atoms with E-state index < -0.39 is 30.5 Å². The summed E-state index contributed by atoms with van der Waals surface area (Å²) in [6, 6.07) is -1.06. The van der Waals surface area contributed by atoms with Crippen molar-refractivity contribution in [1.29, 1.82) is 0 Å². The first kappa shape index (κ1) is 27.9.